The standard InChI is InChI=1S/C25H20F2N4O3/c1-3-34-25(32)23-20(16-5-4-10-28-24(16)33-2)21-19(9-8-18-22(21)30-13-29-18)31(23)12-14-6-7-15(26)11-17(14)27/h4-11,13H,3,12H2,1-2H3,(H,29,30). The van der Waals surface area contributed by atoms with E-state index in [9.17, 15) is 13.6 Å². The SMILES string of the molecule is CCOC(=O)c1c(-c2cccnc2OC)c2c3nc[nH]c3ccc2n1Cc1ccc(F)cc1F. The van der Waals surface area contributed by atoms with Crippen LogP contribution in [0.5, 0.6) is 5.88 Å². The molecule has 0 amide bonds. The van der Waals surface area contributed by atoms with Crippen molar-refractivity contribution in [3.05, 3.63) is 77.9 Å². The van der Waals surface area contributed by atoms with E-state index < -0.39 is 17.6 Å². The van der Waals surface area contributed by atoms with Crippen LogP contribution in [0.2, 0.25) is 0 Å². The number of nitrogens with zero attached hydrogens (tertiary/aromatic N) is 3. The third-order valence-electron chi connectivity index (χ3n) is 5.66. The molecule has 0 bridgehead atoms. The molecule has 0 spiro atoms. The van der Waals surface area contributed by atoms with Gasteiger partial charge >= 0.3 is 5.97 Å². The Balaban J connectivity index is 1.91. The van der Waals surface area contributed by atoms with Crippen molar-refractivity contribution in [3.8, 4) is 17.0 Å². The molecule has 0 unspecified atom stereocenters. The molecule has 2 aromatic carbocycles. The second-order valence-electron chi connectivity index (χ2n) is 7.58. The van der Waals surface area contributed by atoms with Gasteiger partial charge in [0.1, 0.15) is 17.3 Å². The summed E-state index contributed by atoms with van der Waals surface area (Å²) in [5.74, 6) is -1.67. The minimum Gasteiger partial charge on any atom is -0.481 e. The average Bonchev–Trinajstić information content (AvgIpc) is 3.43. The van der Waals surface area contributed by atoms with Crippen molar-refractivity contribution in [3.63, 3.8) is 0 Å². The van der Waals surface area contributed by atoms with Gasteiger partial charge in [-0.05, 0) is 37.3 Å². The molecule has 34 heavy (non-hydrogen) atoms. The van der Waals surface area contributed by atoms with Crippen LogP contribution in [-0.2, 0) is 11.3 Å². The number of methoxy groups -OCH3 is 1. The van der Waals surface area contributed by atoms with Gasteiger partial charge in [-0.2, -0.15) is 0 Å². The number of fused-ring (bicyclic) bond motifs is 3. The molecule has 9 heteroatoms. The number of carbonyl (C=O) groups is 1. The van der Waals surface area contributed by atoms with E-state index in [1.54, 1.807) is 36.1 Å². The summed E-state index contributed by atoms with van der Waals surface area (Å²) in [6.07, 6.45) is 3.15. The number of halogens is 2. The van der Waals surface area contributed by atoms with Crippen molar-refractivity contribution < 1.29 is 23.0 Å². The molecule has 5 aromatic rings. The normalized spacial score (nSPS) is 11.3. The van der Waals surface area contributed by atoms with Gasteiger partial charge in [0.2, 0.25) is 5.88 Å². The first-order chi connectivity index (χ1) is 16.5. The predicted molar refractivity (Wildman–Crippen MR) is 123 cm³/mol. The average molecular weight is 462 g/mol. The highest BCUT2D eigenvalue weighted by atomic mass is 19.1. The lowest BCUT2D eigenvalue weighted by Gasteiger charge is -2.13. The Morgan fingerprint density at radius 2 is 2.00 bits per heavy atom. The summed E-state index contributed by atoms with van der Waals surface area (Å²) < 4.78 is 40.8. The first-order valence-corrected chi connectivity index (χ1v) is 10.6. The summed E-state index contributed by atoms with van der Waals surface area (Å²) in [6, 6.07) is 10.6. The molecule has 172 valence electrons. The fourth-order valence-corrected chi connectivity index (χ4v) is 4.24. The number of esters is 1. The second kappa shape index (κ2) is 8.58. The van der Waals surface area contributed by atoms with Crippen LogP contribution in [0.3, 0.4) is 0 Å². The lowest BCUT2D eigenvalue weighted by atomic mass is 10.0. The lowest BCUT2D eigenvalue weighted by Crippen LogP contribution is -2.15. The Morgan fingerprint density at radius 3 is 2.76 bits per heavy atom. The van der Waals surface area contributed by atoms with Crippen LogP contribution < -0.4 is 4.74 Å². The largest absolute Gasteiger partial charge is 0.481 e. The van der Waals surface area contributed by atoms with Gasteiger partial charge in [0, 0.05) is 34.3 Å². The minimum atomic E-state index is -0.710. The predicted octanol–water partition coefficient (Wildman–Crippen LogP) is 5.09. The highest BCUT2D eigenvalue weighted by Gasteiger charge is 2.29. The molecule has 5 rings (SSSR count). The third kappa shape index (κ3) is 3.45. The van der Waals surface area contributed by atoms with E-state index >= 15 is 0 Å². The fourth-order valence-electron chi connectivity index (χ4n) is 4.24. The van der Waals surface area contributed by atoms with E-state index in [-0.39, 0.29) is 24.4 Å². The number of imidazole rings is 1. The summed E-state index contributed by atoms with van der Waals surface area (Å²) in [4.78, 5) is 25.2. The number of ether oxygens (including phenoxy) is 2. The topological polar surface area (TPSA) is 82.0 Å². The van der Waals surface area contributed by atoms with Gasteiger partial charge in [0.15, 0.2) is 0 Å². The van der Waals surface area contributed by atoms with Crippen LogP contribution >= 0.6 is 0 Å². The molecule has 0 saturated heterocycles. The molecule has 3 aromatic heterocycles. The van der Waals surface area contributed by atoms with Crippen LogP contribution in [0.4, 0.5) is 8.78 Å². The van der Waals surface area contributed by atoms with Crippen molar-refractivity contribution in [2.75, 3.05) is 13.7 Å². The molecule has 0 aliphatic rings. The van der Waals surface area contributed by atoms with Crippen molar-refractivity contribution in [1.82, 2.24) is 19.5 Å². The van der Waals surface area contributed by atoms with E-state index in [0.717, 1.165) is 11.6 Å². The number of rotatable bonds is 6. The number of hydrogen-bond donors (Lipinski definition) is 1. The van der Waals surface area contributed by atoms with E-state index in [2.05, 4.69) is 15.0 Å². The van der Waals surface area contributed by atoms with Crippen LogP contribution in [-0.4, -0.2) is 39.2 Å². The quantitative estimate of drug-likeness (QED) is 0.356. The van der Waals surface area contributed by atoms with Crippen LogP contribution in [0, 0.1) is 11.6 Å². The van der Waals surface area contributed by atoms with Crippen LogP contribution in [0.1, 0.15) is 23.0 Å². The summed E-state index contributed by atoms with van der Waals surface area (Å²) in [6.45, 7) is 1.82. The zero-order chi connectivity index (χ0) is 23.8. The monoisotopic (exact) mass is 462 g/mol. The molecule has 0 atom stereocenters. The van der Waals surface area contributed by atoms with Gasteiger partial charge in [-0.25, -0.2) is 23.5 Å². The number of benzene rings is 2. The van der Waals surface area contributed by atoms with Gasteiger partial charge < -0.3 is 19.0 Å². The number of carbonyl (C=O) groups excluding carboxylic acids is 1. The number of aromatic amines is 1. The van der Waals surface area contributed by atoms with Gasteiger partial charge in [-0.1, -0.05) is 6.07 Å². The number of nitrogens with one attached hydrogen (secondary N) is 1. The first-order valence-electron chi connectivity index (χ1n) is 10.6. The van der Waals surface area contributed by atoms with Gasteiger partial charge in [-0.15, -0.1) is 0 Å². The van der Waals surface area contributed by atoms with E-state index in [0.29, 0.717) is 33.4 Å². The highest BCUT2D eigenvalue weighted by Crippen LogP contribution is 2.42. The fraction of sp³-hybridized carbons (Fsp3) is 0.160. The highest BCUT2D eigenvalue weighted by molar-refractivity contribution is 6.17. The summed E-state index contributed by atoms with van der Waals surface area (Å²) >= 11 is 0. The van der Waals surface area contributed by atoms with Crippen molar-refractivity contribution in [2.45, 2.75) is 13.5 Å². The molecular weight excluding hydrogens is 442 g/mol. The zero-order valence-corrected chi connectivity index (χ0v) is 18.4. The number of H-pyrrole nitrogens is 1. The van der Waals surface area contributed by atoms with Gasteiger partial charge in [0.25, 0.3) is 0 Å². The molecular formula is C25H20F2N4O3. The van der Waals surface area contributed by atoms with E-state index in [1.807, 2.05) is 12.1 Å². The van der Waals surface area contributed by atoms with Crippen LogP contribution in [0.15, 0.2) is 55.0 Å². The molecule has 7 nitrogen and oxygen atoms in total. The molecule has 1 N–H and O–H groups in total. The maximum atomic E-state index is 14.7. The Bertz CT molecular complexity index is 1540. The Hall–Kier alpha value is -4.27. The van der Waals surface area contributed by atoms with Crippen molar-refractivity contribution in [2.24, 2.45) is 0 Å². The van der Waals surface area contributed by atoms with Gasteiger partial charge in [-0.3, -0.25) is 0 Å². The van der Waals surface area contributed by atoms with E-state index in [1.165, 1.54) is 19.2 Å². The van der Waals surface area contributed by atoms with E-state index in [4.69, 9.17) is 9.47 Å². The molecule has 0 fully saturated rings. The molecule has 0 aliphatic heterocycles. The Kier molecular flexibility index (Phi) is 5.45. The number of pyridine rings is 1. The maximum absolute atomic E-state index is 14.7. The third-order valence-corrected chi connectivity index (χ3v) is 5.66. The summed E-state index contributed by atoms with van der Waals surface area (Å²) in [5, 5.41) is 0.663. The van der Waals surface area contributed by atoms with Gasteiger partial charge in [0.05, 0.1) is 43.1 Å². The minimum absolute atomic E-state index is 0.0325. The van der Waals surface area contributed by atoms with Crippen molar-refractivity contribution >= 4 is 27.9 Å². The molecule has 0 radical (unpaired) electrons. The summed E-state index contributed by atoms with van der Waals surface area (Å²) in [5.41, 5.74) is 3.51. The maximum Gasteiger partial charge on any atom is 0.355 e. The number of aromatic nitrogens is 4. The summed E-state index contributed by atoms with van der Waals surface area (Å²) in [7, 11) is 1.49. The molecule has 3 heterocycles. The van der Waals surface area contributed by atoms with Crippen molar-refractivity contribution in [1.29, 1.82) is 0 Å². The Morgan fingerprint density at radius 1 is 1.15 bits per heavy atom. The second-order valence-corrected chi connectivity index (χ2v) is 7.58. The number of hydrogen-bond acceptors (Lipinski definition) is 5. The Labute approximate surface area is 193 Å². The molecule has 0 aliphatic carbocycles. The zero-order valence-electron chi connectivity index (χ0n) is 18.4. The lowest BCUT2D eigenvalue weighted by molar-refractivity contribution is 0.0516. The molecule has 0 saturated carbocycles. The first kappa shape index (κ1) is 21.6. The smallest absolute Gasteiger partial charge is 0.355 e. The van der Waals surface area contributed by atoms with Crippen LogP contribution in [0.25, 0.3) is 33.1 Å².